The molecule has 0 spiro atoms. The number of nitrogens with one attached hydrogen (secondary N) is 1. The van der Waals surface area contributed by atoms with Crippen molar-refractivity contribution in [1.29, 1.82) is 0 Å². The summed E-state index contributed by atoms with van der Waals surface area (Å²) < 4.78 is 60.8. The van der Waals surface area contributed by atoms with Gasteiger partial charge in [0.05, 0.1) is 28.1 Å². The highest BCUT2D eigenvalue weighted by Gasteiger charge is 2.38. The summed E-state index contributed by atoms with van der Waals surface area (Å²) in [7, 11) is -7.50. The molecule has 8 nitrogen and oxygen atoms in total. The van der Waals surface area contributed by atoms with Crippen molar-refractivity contribution in [2.75, 3.05) is 13.2 Å². The van der Waals surface area contributed by atoms with Gasteiger partial charge in [-0.1, -0.05) is 6.07 Å². The van der Waals surface area contributed by atoms with Crippen molar-refractivity contribution in [2.24, 2.45) is 0 Å². The number of nitrogens with zero attached hydrogens (tertiary/aromatic N) is 2. The van der Waals surface area contributed by atoms with Gasteiger partial charge in [0.1, 0.15) is 0 Å². The Hall–Kier alpha value is -1.85. The van der Waals surface area contributed by atoms with Gasteiger partial charge in [0.25, 0.3) is 0 Å². The first-order valence-corrected chi connectivity index (χ1v) is 12.9. The monoisotopic (exact) mass is 451 g/mol. The van der Waals surface area contributed by atoms with Crippen LogP contribution in [-0.2, 0) is 31.3 Å². The van der Waals surface area contributed by atoms with Crippen LogP contribution in [0.3, 0.4) is 0 Å². The lowest BCUT2D eigenvalue weighted by molar-refractivity contribution is 0.114. The predicted molar refractivity (Wildman–Crippen MR) is 111 cm³/mol. The third-order valence-electron chi connectivity index (χ3n) is 5.26. The van der Waals surface area contributed by atoms with Gasteiger partial charge in [0.15, 0.2) is 0 Å². The average Bonchev–Trinajstić information content (AvgIpc) is 3.45. The second-order valence-corrected chi connectivity index (χ2v) is 11.2. The lowest BCUT2D eigenvalue weighted by Crippen LogP contribution is -2.33. The standard InChI is InChI=1S/C20H25N3O5S2/c24-29(25,22-14-18-5-3-13-28-18)19-8-10-20(11-9-19)30(26,27)23(17-6-7-17)15-16-4-1-2-12-21-16/h1-2,4,8-12,17-18,22H,3,5-7,13-15H2/t18-/m0/s1. The van der Waals surface area contributed by atoms with Crippen LogP contribution in [0.2, 0.25) is 0 Å². The Morgan fingerprint density at radius 1 is 1.00 bits per heavy atom. The van der Waals surface area contributed by atoms with E-state index in [-0.39, 0.29) is 35.0 Å². The van der Waals surface area contributed by atoms with E-state index in [1.54, 1.807) is 18.3 Å². The summed E-state index contributed by atoms with van der Waals surface area (Å²) in [5.41, 5.74) is 0.672. The Bertz CT molecular complexity index is 1060. The molecule has 2 aromatic rings. The van der Waals surface area contributed by atoms with Gasteiger partial charge in [-0.15, -0.1) is 0 Å². The number of aromatic nitrogens is 1. The summed E-state index contributed by atoms with van der Waals surface area (Å²) >= 11 is 0. The Balaban J connectivity index is 1.50. The number of ether oxygens (including phenoxy) is 1. The van der Waals surface area contributed by atoms with Crippen molar-refractivity contribution >= 4 is 20.0 Å². The van der Waals surface area contributed by atoms with E-state index >= 15 is 0 Å². The van der Waals surface area contributed by atoms with Gasteiger partial charge < -0.3 is 4.74 Å². The summed E-state index contributed by atoms with van der Waals surface area (Å²) in [6, 6.07) is 10.7. The highest BCUT2D eigenvalue weighted by molar-refractivity contribution is 7.89. The van der Waals surface area contributed by atoms with E-state index in [1.807, 2.05) is 6.07 Å². The maximum atomic E-state index is 13.2. The van der Waals surface area contributed by atoms with E-state index in [1.165, 1.54) is 28.6 Å². The van der Waals surface area contributed by atoms with Crippen LogP contribution in [0.5, 0.6) is 0 Å². The van der Waals surface area contributed by atoms with Crippen molar-refractivity contribution < 1.29 is 21.6 Å². The molecule has 2 aliphatic rings. The van der Waals surface area contributed by atoms with Gasteiger partial charge in [-0.2, -0.15) is 4.31 Å². The van der Waals surface area contributed by atoms with Gasteiger partial charge in [-0.3, -0.25) is 4.98 Å². The molecule has 1 N–H and O–H groups in total. The number of hydrogen-bond acceptors (Lipinski definition) is 6. The Labute approximate surface area is 177 Å². The molecule has 1 saturated carbocycles. The van der Waals surface area contributed by atoms with Gasteiger partial charge >= 0.3 is 0 Å². The maximum absolute atomic E-state index is 13.2. The molecule has 162 valence electrons. The first-order valence-electron chi connectivity index (χ1n) is 9.99. The maximum Gasteiger partial charge on any atom is 0.243 e. The van der Waals surface area contributed by atoms with Crippen LogP contribution in [0.25, 0.3) is 0 Å². The van der Waals surface area contributed by atoms with Crippen molar-refractivity contribution in [2.45, 2.75) is 54.2 Å². The van der Waals surface area contributed by atoms with Crippen LogP contribution in [0.15, 0.2) is 58.5 Å². The molecule has 1 saturated heterocycles. The molecule has 0 unspecified atom stereocenters. The zero-order valence-corrected chi connectivity index (χ0v) is 18.1. The van der Waals surface area contributed by atoms with Crippen molar-refractivity contribution in [1.82, 2.24) is 14.0 Å². The molecule has 1 aliphatic carbocycles. The largest absolute Gasteiger partial charge is 0.377 e. The van der Waals surface area contributed by atoms with Gasteiger partial charge in [0, 0.05) is 25.4 Å². The number of rotatable bonds is 9. The summed E-state index contributed by atoms with van der Waals surface area (Å²) in [6.07, 6.45) is 4.90. The number of hydrogen-bond donors (Lipinski definition) is 1. The van der Waals surface area contributed by atoms with Gasteiger partial charge in [-0.25, -0.2) is 21.6 Å². The highest BCUT2D eigenvalue weighted by Crippen LogP contribution is 2.33. The van der Waals surface area contributed by atoms with Gasteiger partial charge in [0.2, 0.25) is 20.0 Å². The fourth-order valence-electron chi connectivity index (χ4n) is 3.44. The Morgan fingerprint density at radius 2 is 1.73 bits per heavy atom. The minimum atomic E-state index is -3.77. The molecule has 10 heteroatoms. The van der Waals surface area contributed by atoms with Crippen molar-refractivity contribution in [3.8, 4) is 0 Å². The summed E-state index contributed by atoms with van der Waals surface area (Å²) in [5, 5.41) is 0. The fourth-order valence-corrected chi connectivity index (χ4v) is 6.16. The molecular formula is C20H25N3O5S2. The van der Waals surface area contributed by atoms with E-state index in [0.717, 1.165) is 25.7 Å². The summed E-state index contributed by atoms with van der Waals surface area (Å²) in [4.78, 5) is 4.33. The molecule has 4 rings (SSSR count). The topological polar surface area (TPSA) is 106 Å². The molecule has 1 aromatic heterocycles. The second-order valence-electron chi connectivity index (χ2n) is 7.56. The van der Waals surface area contributed by atoms with Crippen molar-refractivity contribution in [3.63, 3.8) is 0 Å². The quantitative estimate of drug-likeness (QED) is 0.624. The molecule has 0 amide bonds. The number of pyridine rings is 1. The second kappa shape index (κ2) is 8.72. The van der Waals surface area contributed by atoms with Crippen LogP contribution in [-0.4, -0.2) is 51.4 Å². The van der Waals surface area contributed by atoms with E-state index in [4.69, 9.17) is 4.74 Å². The highest BCUT2D eigenvalue weighted by atomic mass is 32.2. The van der Waals surface area contributed by atoms with Crippen LogP contribution in [0.1, 0.15) is 31.4 Å². The van der Waals surface area contributed by atoms with E-state index in [2.05, 4.69) is 9.71 Å². The fraction of sp³-hybridized carbons (Fsp3) is 0.450. The predicted octanol–water partition coefficient (Wildman–Crippen LogP) is 1.89. The lowest BCUT2D eigenvalue weighted by atomic mass is 10.2. The Kier molecular flexibility index (Phi) is 6.21. The number of sulfonamides is 2. The zero-order valence-electron chi connectivity index (χ0n) is 16.5. The molecular weight excluding hydrogens is 426 g/mol. The molecule has 0 radical (unpaired) electrons. The minimum absolute atomic E-state index is 0.0298. The zero-order chi connectivity index (χ0) is 21.2. The minimum Gasteiger partial charge on any atom is -0.377 e. The van der Waals surface area contributed by atoms with Crippen LogP contribution < -0.4 is 4.72 Å². The first-order chi connectivity index (χ1) is 14.4. The van der Waals surface area contributed by atoms with Crippen molar-refractivity contribution in [3.05, 3.63) is 54.4 Å². The average molecular weight is 452 g/mol. The van der Waals surface area contributed by atoms with Crippen LogP contribution in [0, 0.1) is 0 Å². The summed E-state index contributed by atoms with van der Waals surface area (Å²) in [5.74, 6) is 0. The molecule has 0 bridgehead atoms. The third kappa shape index (κ3) is 4.89. The van der Waals surface area contributed by atoms with Crippen LogP contribution >= 0.6 is 0 Å². The Morgan fingerprint density at radius 3 is 2.33 bits per heavy atom. The molecule has 2 heterocycles. The molecule has 1 aliphatic heterocycles. The van der Waals surface area contributed by atoms with Gasteiger partial charge in [-0.05, 0) is 62.1 Å². The molecule has 1 atom stereocenters. The third-order valence-corrected chi connectivity index (χ3v) is 8.62. The molecule has 2 fully saturated rings. The number of benzene rings is 1. The normalized spacial score (nSPS) is 20.0. The first kappa shape index (κ1) is 21.4. The van der Waals surface area contributed by atoms with E-state index in [0.29, 0.717) is 12.3 Å². The SMILES string of the molecule is O=S(=O)(NC[C@@H]1CCCO1)c1ccc(S(=O)(=O)N(Cc2ccccn2)C2CC2)cc1. The smallest absolute Gasteiger partial charge is 0.243 e. The lowest BCUT2D eigenvalue weighted by Gasteiger charge is -2.21. The van der Waals surface area contributed by atoms with E-state index in [9.17, 15) is 16.8 Å². The van der Waals surface area contributed by atoms with Crippen LogP contribution in [0.4, 0.5) is 0 Å². The van der Waals surface area contributed by atoms with E-state index < -0.39 is 20.0 Å². The molecule has 30 heavy (non-hydrogen) atoms. The molecule has 1 aromatic carbocycles. The summed E-state index contributed by atoms with van der Waals surface area (Å²) in [6.45, 7) is 1.05.